The van der Waals surface area contributed by atoms with Gasteiger partial charge in [0.25, 0.3) is 0 Å². The zero-order valence-corrected chi connectivity index (χ0v) is 16.7. The monoisotopic (exact) mass is 380 g/mol. The Hall–Kier alpha value is -2.67. The minimum atomic E-state index is 0.130. The van der Waals surface area contributed by atoms with Crippen molar-refractivity contribution in [2.75, 3.05) is 63.2 Å². The van der Waals surface area contributed by atoms with Crippen molar-refractivity contribution in [3.8, 4) is 0 Å². The third-order valence-corrected chi connectivity index (χ3v) is 5.52. The van der Waals surface area contributed by atoms with Crippen LogP contribution >= 0.6 is 0 Å². The van der Waals surface area contributed by atoms with Crippen molar-refractivity contribution in [2.24, 2.45) is 5.92 Å². The topological polar surface area (TPSA) is 55.8 Å². The molecule has 148 valence electrons. The molecule has 4 rings (SSSR count). The third-order valence-electron chi connectivity index (χ3n) is 5.52. The second-order valence-corrected chi connectivity index (χ2v) is 7.82. The molecule has 2 saturated heterocycles. The van der Waals surface area contributed by atoms with Gasteiger partial charge in [0, 0.05) is 83.6 Å². The average Bonchev–Trinajstić information content (AvgIpc) is 2.71. The number of benzene rings is 1. The normalized spacial score (nSPS) is 18.1. The molecule has 0 atom stereocenters. The summed E-state index contributed by atoms with van der Waals surface area (Å²) in [5, 5.41) is 0. The maximum Gasteiger partial charge on any atom is 0.228 e. The molecule has 28 heavy (non-hydrogen) atoms. The van der Waals surface area contributed by atoms with Crippen LogP contribution in [0.4, 0.5) is 11.6 Å². The van der Waals surface area contributed by atoms with Crippen LogP contribution in [0.25, 0.3) is 0 Å². The average molecular weight is 380 g/mol. The van der Waals surface area contributed by atoms with Crippen LogP contribution in [0.3, 0.4) is 0 Å². The van der Waals surface area contributed by atoms with E-state index in [0.717, 1.165) is 57.3 Å². The first-order chi connectivity index (χ1) is 13.6. The molecule has 0 aliphatic carbocycles. The van der Waals surface area contributed by atoms with E-state index in [4.69, 9.17) is 0 Å². The van der Waals surface area contributed by atoms with E-state index in [9.17, 15) is 4.79 Å². The number of likely N-dealkylation sites (tertiary alicyclic amines) is 1. The van der Waals surface area contributed by atoms with Crippen LogP contribution < -0.4 is 9.80 Å². The van der Waals surface area contributed by atoms with Gasteiger partial charge in [-0.25, -0.2) is 9.97 Å². The highest BCUT2D eigenvalue weighted by atomic mass is 16.2. The summed E-state index contributed by atoms with van der Waals surface area (Å²) in [6, 6.07) is 10.4. The number of carbonyl (C=O) groups is 1. The highest BCUT2D eigenvalue weighted by molar-refractivity contribution is 5.80. The van der Waals surface area contributed by atoms with Crippen molar-refractivity contribution in [3.63, 3.8) is 0 Å². The molecular weight excluding hydrogens is 352 g/mol. The number of piperazine rings is 1. The number of amides is 1. The minimum absolute atomic E-state index is 0.130. The van der Waals surface area contributed by atoms with Gasteiger partial charge in [-0.05, 0) is 12.1 Å². The van der Waals surface area contributed by atoms with Crippen molar-refractivity contribution in [1.82, 2.24) is 19.8 Å². The number of para-hydroxylation sites is 1. The lowest BCUT2D eigenvalue weighted by molar-refractivity contribution is -0.141. The summed E-state index contributed by atoms with van der Waals surface area (Å²) >= 11 is 0. The first kappa shape index (κ1) is 18.7. The van der Waals surface area contributed by atoms with Gasteiger partial charge in [-0.15, -0.1) is 0 Å². The number of aromatic nitrogens is 2. The van der Waals surface area contributed by atoms with Crippen molar-refractivity contribution < 1.29 is 4.79 Å². The Morgan fingerprint density at radius 1 is 1.04 bits per heavy atom. The predicted octanol–water partition coefficient (Wildman–Crippen LogP) is 1.32. The molecule has 0 spiro atoms. The van der Waals surface area contributed by atoms with Crippen molar-refractivity contribution >= 4 is 17.5 Å². The van der Waals surface area contributed by atoms with Crippen LogP contribution in [0.15, 0.2) is 42.7 Å². The van der Waals surface area contributed by atoms with E-state index in [1.165, 1.54) is 5.69 Å². The first-order valence-corrected chi connectivity index (χ1v) is 9.89. The number of hydrogen-bond acceptors (Lipinski definition) is 6. The number of rotatable bonds is 5. The summed E-state index contributed by atoms with van der Waals surface area (Å²) in [5.74, 6) is 1.16. The van der Waals surface area contributed by atoms with Crippen LogP contribution in [0.5, 0.6) is 0 Å². The largest absolute Gasteiger partial charge is 0.368 e. The summed E-state index contributed by atoms with van der Waals surface area (Å²) in [6.45, 7) is 5.89. The van der Waals surface area contributed by atoms with E-state index in [-0.39, 0.29) is 5.92 Å². The summed E-state index contributed by atoms with van der Waals surface area (Å²) in [6.07, 6.45) is 3.75. The summed E-state index contributed by atoms with van der Waals surface area (Å²) in [5.41, 5.74) is 2.33. The Kier molecular flexibility index (Phi) is 5.43. The fraction of sp³-hybridized carbons (Fsp3) is 0.476. The van der Waals surface area contributed by atoms with E-state index in [0.29, 0.717) is 5.91 Å². The minimum Gasteiger partial charge on any atom is -0.368 e. The molecule has 0 saturated carbocycles. The Morgan fingerprint density at radius 3 is 2.29 bits per heavy atom. The van der Waals surface area contributed by atoms with Gasteiger partial charge < -0.3 is 14.7 Å². The fourth-order valence-electron chi connectivity index (χ4n) is 3.86. The Balaban J connectivity index is 1.22. The van der Waals surface area contributed by atoms with Crippen LogP contribution in [-0.4, -0.2) is 79.0 Å². The standard InChI is InChI=1S/C21H28N6O/c1-24(2)21-22-12-17(13-23-21)14-25-15-18(16-25)20(28)27-10-8-26(9-11-27)19-6-4-3-5-7-19/h3-7,12-13,18H,8-11,14-16H2,1-2H3. The Morgan fingerprint density at radius 2 is 1.68 bits per heavy atom. The quantitative estimate of drug-likeness (QED) is 0.780. The zero-order chi connectivity index (χ0) is 19.5. The fourth-order valence-corrected chi connectivity index (χ4v) is 3.86. The molecule has 0 bridgehead atoms. The molecule has 1 amide bonds. The second-order valence-electron chi connectivity index (χ2n) is 7.82. The van der Waals surface area contributed by atoms with Crippen LogP contribution in [0.1, 0.15) is 5.56 Å². The van der Waals surface area contributed by atoms with Crippen LogP contribution in [0.2, 0.25) is 0 Å². The van der Waals surface area contributed by atoms with E-state index in [2.05, 4.69) is 44.0 Å². The molecular formula is C21H28N6O. The maximum atomic E-state index is 12.8. The number of hydrogen-bond donors (Lipinski definition) is 0. The smallest absolute Gasteiger partial charge is 0.228 e. The van der Waals surface area contributed by atoms with E-state index < -0.39 is 0 Å². The molecule has 7 heteroatoms. The lowest BCUT2D eigenvalue weighted by Crippen LogP contribution is -2.57. The van der Waals surface area contributed by atoms with E-state index in [1.807, 2.05) is 42.4 Å². The third kappa shape index (κ3) is 4.09. The van der Waals surface area contributed by atoms with Crippen molar-refractivity contribution in [1.29, 1.82) is 0 Å². The van der Waals surface area contributed by atoms with Crippen molar-refractivity contribution in [3.05, 3.63) is 48.3 Å². The highest BCUT2D eigenvalue weighted by Crippen LogP contribution is 2.22. The van der Waals surface area contributed by atoms with E-state index in [1.54, 1.807) is 0 Å². The molecule has 2 fully saturated rings. The molecule has 1 aromatic heterocycles. The SMILES string of the molecule is CN(C)c1ncc(CN2CC(C(=O)N3CCN(c4ccccc4)CC3)C2)cn1. The van der Waals surface area contributed by atoms with Crippen molar-refractivity contribution in [2.45, 2.75) is 6.54 Å². The van der Waals surface area contributed by atoms with Gasteiger partial charge in [0.05, 0.1) is 5.92 Å². The molecule has 2 aliphatic rings. The predicted molar refractivity (Wildman–Crippen MR) is 110 cm³/mol. The van der Waals surface area contributed by atoms with Gasteiger partial charge >= 0.3 is 0 Å². The molecule has 2 aromatic rings. The van der Waals surface area contributed by atoms with Gasteiger partial charge in [-0.3, -0.25) is 9.69 Å². The second kappa shape index (κ2) is 8.14. The molecule has 7 nitrogen and oxygen atoms in total. The molecule has 3 heterocycles. The lowest BCUT2D eigenvalue weighted by atomic mass is 9.97. The molecule has 1 aromatic carbocycles. The molecule has 0 radical (unpaired) electrons. The van der Waals surface area contributed by atoms with Crippen LogP contribution in [-0.2, 0) is 11.3 Å². The molecule has 2 aliphatic heterocycles. The van der Waals surface area contributed by atoms with E-state index >= 15 is 0 Å². The van der Waals surface area contributed by atoms with Gasteiger partial charge in [0.15, 0.2) is 0 Å². The number of carbonyl (C=O) groups excluding carboxylic acids is 1. The number of nitrogens with zero attached hydrogens (tertiary/aromatic N) is 6. The Bertz CT molecular complexity index is 780. The van der Waals surface area contributed by atoms with Gasteiger partial charge in [-0.1, -0.05) is 18.2 Å². The summed E-state index contributed by atoms with van der Waals surface area (Å²) in [4.78, 5) is 30.1. The number of anilines is 2. The van der Waals surface area contributed by atoms with Gasteiger partial charge in [-0.2, -0.15) is 0 Å². The van der Waals surface area contributed by atoms with Crippen LogP contribution in [0, 0.1) is 5.92 Å². The van der Waals surface area contributed by atoms with Gasteiger partial charge in [0.2, 0.25) is 11.9 Å². The highest BCUT2D eigenvalue weighted by Gasteiger charge is 2.36. The molecule has 0 unspecified atom stereocenters. The lowest BCUT2D eigenvalue weighted by Gasteiger charge is -2.43. The summed E-state index contributed by atoms with van der Waals surface area (Å²) in [7, 11) is 3.86. The zero-order valence-electron chi connectivity index (χ0n) is 16.7. The molecule has 0 N–H and O–H groups in total. The maximum absolute atomic E-state index is 12.8. The Labute approximate surface area is 166 Å². The first-order valence-electron chi connectivity index (χ1n) is 9.89. The summed E-state index contributed by atoms with van der Waals surface area (Å²) < 4.78 is 0. The van der Waals surface area contributed by atoms with Gasteiger partial charge in [0.1, 0.15) is 0 Å².